The molecule has 4 atom stereocenters. The molecule has 1 aromatic carbocycles. The van der Waals surface area contributed by atoms with E-state index in [0.29, 0.717) is 6.54 Å². The van der Waals surface area contributed by atoms with Gasteiger partial charge in [-0.2, -0.15) is 0 Å². The van der Waals surface area contributed by atoms with E-state index < -0.39 is 0 Å². The lowest BCUT2D eigenvalue weighted by Crippen LogP contribution is -2.42. The molecule has 144 valence electrons. The van der Waals surface area contributed by atoms with Crippen molar-refractivity contribution in [1.29, 1.82) is 0 Å². The summed E-state index contributed by atoms with van der Waals surface area (Å²) in [5.41, 5.74) is 3.73. The quantitative estimate of drug-likeness (QED) is 0.787. The van der Waals surface area contributed by atoms with E-state index in [1.165, 1.54) is 0 Å². The first kappa shape index (κ1) is 18.4. The van der Waals surface area contributed by atoms with Gasteiger partial charge in [0.15, 0.2) is 0 Å². The van der Waals surface area contributed by atoms with E-state index in [9.17, 15) is 9.59 Å². The van der Waals surface area contributed by atoms with Crippen molar-refractivity contribution in [3.8, 4) is 0 Å². The molecule has 28 heavy (non-hydrogen) atoms. The number of allylic oxidation sites excluding steroid dienone is 2. The minimum Gasteiger partial charge on any atom is -0.350 e. The number of amides is 2. The molecule has 2 N–H and O–H groups in total. The summed E-state index contributed by atoms with van der Waals surface area (Å²) in [7, 11) is 0. The number of hydrogen-bond donors (Lipinski definition) is 2. The minimum atomic E-state index is -0.335. The maximum Gasteiger partial charge on any atom is 0.228 e. The third-order valence-corrected chi connectivity index (χ3v) is 5.96. The molecule has 0 radical (unpaired) electrons. The Kier molecular flexibility index (Phi) is 4.99. The van der Waals surface area contributed by atoms with Gasteiger partial charge in [-0.1, -0.05) is 36.4 Å². The number of para-hydroxylation sites is 1. The average Bonchev–Trinajstić information content (AvgIpc) is 3.31. The Morgan fingerprint density at radius 1 is 0.964 bits per heavy atom. The maximum atomic E-state index is 13.2. The summed E-state index contributed by atoms with van der Waals surface area (Å²) in [5.74, 6) is -0.542. The topological polar surface area (TPSA) is 71.1 Å². The SMILES string of the molecule is Cc1cccc(C)c1NC(=O)[C@@H]1[C@@H](C(=O)NCc2ccccn2)[C@H]2C=C[C@@H]1C2. The van der Waals surface area contributed by atoms with Gasteiger partial charge in [0.25, 0.3) is 0 Å². The summed E-state index contributed by atoms with van der Waals surface area (Å²) in [6.45, 7) is 4.35. The predicted molar refractivity (Wildman–Crippen MR) is 108 cm³/mol. The van der Waals surface area contributed by atoms with Gasteiger partial charge in [0.1, 0.15) is 0 Å². The summed E-state index contributed by atoms with van der Waals surface area (Å²) in [6.07, 6.45) is 6.77. The van der Waals surface area contributed by atoms with Crippen LogP contribution in [0.15, 0.2) is 54.7 Å². The number of carbonyl (C=O) groups is 2. The summed E-state index contributed by atoms with van der Waals surface area (Å²) in [6, 6.07) is 11.6. The molecule has 4 rings (SSSR count). The molecular weight excluding hydrogens is 350 g/mol. The van der Waals surface area contributed by atoms with Crippen LogP contribution < -0.4 is 10.6 Å². The maximum absolute atomic E-state index is 13.2. The van der Waals surface area contributed by atoms with Crippen LogP contribution in [0.2, 0.25) is 0 Å². The van der Waals surface area contributed by atoms with Crippen molar-refractivity contribution in [3.63, 3.8) is 0 Å². The van der Waals surface area contributed by atoms with E-state index in [1.807, 2.05) is 50.2 Å². The molecule has 0 saturated heterocycles. The van der Waals surface area contributed by atoms with Gasteiger partial charge in [0.05, 0.1) is 24.1 Å². The Bertz CT molecular complexity index is 902. The highest BCUT2D eigenvalue weighted by Gasteiger charge is 2.51. The summed E-state index contributed by atoms with van der Waals surface area (Å²) in [4.78, 5) is 30.4. The van der Waals surface area contributed by atoms with Crippen LogP contribution in [0, 0.1) is 37.5 Å². The van der Waals surface area contributed by atoms with Crippen LogP contribution in [0.1, 0.15) is 23.2 Å². The number of benzene rings is 1. The van der Waals surface area contributed by atoms with Crippen LogP contribution >= 0.6 is 0 Å². The van der Waals surface area contributed by atoms with Crippen LogP contribution in [0.3, 0.4) is 0 Å². The van der Waals surface area contributed by atoms with E-state index >= 15 is 0 Å². The zero-order chi connectivity index (χ0) is 19.7. The van der Waals surface area contributed by atoms with Crippen molar-refractivity contribution in [2.45, 2.75) is 26.8 Å². The molecule has 0 aliphatic heterocycles. The lowest BCUT2D eigenvalue weighted by molar-refractivity contribution is -0.133. The van der Waals surface area contributed by atoms with Crippen LogP contribution in [-0.4, -0.2) is 16.8 Å². The molecule has 1 heterocycles. The summed E-state index contributed by atoms with van der Waals surface area (Å²) in [5, 5.41) is 6.08. The molecule has 5 heteroatoms. The summed E-state index contributed by atoms with van der Waals surface area (Å²) >= 11 is 0. The standard InChI is InChI=1S/C23H25N3O2/c1-14-6-5-7-15(2)21(14)26-23(28)20-17-10-9-16(12-17)19(20)22(27)25-13-18-8-3-4-11-24-18/h3-11,16-17,19-20H,12-13H2,1-2H3,(H,25,27)(H,26,28)/t16-,17+,19-,20-/m0/s1. The highest BCUT2D eigenvalue weighted by molar-refractivity contribution is 5.98. The van der Waals surface area contributed by atoms with E-state index in [1.54, 1.807) is 6.20 Å². The number of pyridine rings is 1. The minimum absolute atomic E-state index is 0.0627. The average molecular weight is 375 g/mol. The number of aryl methyl sites for hydroxylation is 2. The Morgan fingerprint density at radius 2 is 1.64 bits per heavy atom. The monoisotopic (exact) mass is 375 g/mol. The number of anilines is 1. The van der Waals surface area contributed by atoms with Gasteiger partial charge < -0.3 is 10.6 Å². The molecule has 2 aliphatic rings. The summed E-state index contributed by atoms with van der Waals surface area (Å²) < 4.78 is 0. The fourth-order valence-corrected chi connectivity index (χ4v) is 4.55. The Morgan fingerprint density at radius 3 is 2.29 bits per heavy atom. The molecule has 1 saturated carbocycles. The number of nitrogens with one attached hydrogen (secondary N) is 2. The Labute approximate surface area is 165 Å². The first-order valence-electron chi connectivity index (χ1n) is 9.77. The number of nitrogens with zero attached hydrogens (tertiary/aromatic N) is 1. The van der Waals surface area contributed by atoms with Crippen molar-refractivity contribution >= 4 is 17.5 Å². The zero-order valence-corrected chi connectivity index (χ0v) is 16.2. The normalized spacial score (nSPS) is 24.9. The van der Waals surface area contributed by atoms with Gasteiger partial charge in [0.2, 0.25) is 11.8 Å². The van der Waals surface area contributed by atoms with E-state index in [-0.39, 0.29) is 35.5 Å². The third kappa shape index (κ3) is 3.44. The first-order chi connectivity index (χ1) is 13.5. The molecule has 2 bridgehead atoms. The Hall–Kier alpha value is -2.95. The molecular formula is C23H25N3O2. The van der Waals surface area contributed by atoms with Crippen molar-refractivity contribution < 1.29 is 9.59 Å². The number of fused-ring (bicyclic) bond motifs is 2. The van der Waals surface area contributed by atoms with Crippen molar-refractivity contribution in [1.82, 2.24) is 10.3 Å². The predicted octanol–water partition coefficient (Wildman–Crippen LogP) is 3.39. The van der Waals surface area contributed by atoms with Crippen LogP contribution in [0.4, 0.5) is 5.69 Å². The lowest BCUT2D eigenvalue weighted by Gasteiger charge is -2.27. The van der Waals surface area contributed by atoms with E-state index in [4.69, 9.17) is 0 Å². The second kappa shape index (κ2) is 7.58. The Balaban J connectivity index is 1.49. The van der Waals surface area contributed by atoms with E-state index in [0.717, 1.165) is 28.9 Å². The smallest absolute Gasteiger partial charge is 0.228 e. The molecule has 5 nitrogen and oxygen atoms in total. The van der Waals surface area contributed by atoms with Gasteiger partial charge >= 0.3 is 0 Å². The number of rotatable bonds is 5. The third-order valence-electron chi connectivity index (χ3n) is 5.96. The molecule has 2 aliphatic carbocycles. The number of aromatic nitrogens is 1. The van der Waals surface area contributed by atoms with Gasteiger partial charge in [-0.3, -0.25) is 14.6 Å². The largest absolute Gasteiger partial charge is 0.350 e. The van der Waals surface area contributed by atoms with Crippen molar-refractivity contribution in [2.75, 3.05) is 5.32 Å². The highest BCUT2D eigenvalue weighted by Crippen LogP contribution is 2.48. The second-order valence-electron chi connectivity index (χ2n) is 7.79. The molecule has 1 aromatic heterocycles. The molecule has 0 spiro atoms. The first-order valence-corrected chi connectivity index (χ1v) is 9.77. The van der Waals surface area contributed by atoms with Crippen molar-refractivity contribution in [2.24, 2.45) is 23.7 Å². The van der Waals surface area contributed by atoms with Gasteiger partial charge in [0, 0.05) is 11.9 Å². The van der Waals surface area contributed by atoms with Gasteiger partial charge in [-0.15, -0.1) is 0 Å². The van der Waals surface area contributed by atoms with Gasteiger partial charge in [-0.05, 0) is 55.4 Å². The molecule has 2 aromatic rings. The molecule has 1 fully saturated rings. The van der Waals surface area contributed by atoms with Crippen LogP contribution in [-0.2, 0) is 16.1 Å². The fraction of sp³-hybridized carbons (Fsp3) is 0.348. The fourth-order valence-electron chi connectivity index (χ4n) is 4.55. The zero-order valence-electron chi connectivity index (χ0n) is 16.2. The number of hydrogen-bond acceptors (Lipinski definition) is 3. The van der Waals surface area contributed by atoms with Crippen LogP contribution in [0.25, 0.3) is 0 Å². The second-order valence-corrected chi connectivity index (χ2v) is 7.79. The lowest BCUT2D eigenvalue weighted by atomic mass is 9.81. The molecule has 2 amide bonds. The van der Waals surface area contributed by atoms with E-state index in [2.05, 4.69) is 27.8 Å². The number of carbonyl (C=O) groups excluding carboxylic acids is 2. The van der Waals surface area contributed by atoms with Crippen molar-refractivity contribution in [3.05, 3.63) is 71.6 Å². The highest BCUT2D eigenvalue weighted by atomic mass is 16.2. The molecule has 0 unspecified atom stereocenters. The van der Waals surface area contributed by atoms with Gasteiger partial charge in [-0.25, -0.2) is 0 Å². The van der Waals surface area contributed by atoms with Crippen LogP contribution in [0.5, 0.6) is 0 Å².